The Morgan fingerprint density at radius 2 is 2.00 bits per heavy atom. The molecule has 1 aliphatic heterocycles. The fourth-order valence-electron chi connectivity index (χ4n) is 2.53. The Bertz CT molecular complexity index is 430. The van der Waals surface area contributed by atoms with Crippen LogP contribution in [0.15, 0.2) is 24.3 Å². The van der Waals surface area contributed by atoms with Gasteiger partial charge in [0.25, 0.3) is 0 Å². The number of nitriles is 1. The molecule has 1 atom stereocenters. The second-order valence-corrected chi connectivity index (χ2v) is 4.99. The van der Waals surface area contributed by atoms with Gasteiger partial charge >= 0.3 is 0 Å². The molecule has 1 aromatic rings. The highest BCUT2D eigenvalue weighted by molar-refractivity contribution is 5.38. The van der Waals surface area contributed by atoms with Crippen molar-refractivity contribution in [2.24, 2.45) is 5.92 Å². The average Bonchev–Trinajstić information content (AvgIpc) is 2.42. The topological polar surface area (TPSA) is 36.3 Å². The maximum Gasteiger partial charge on any atom is 0.127 e. The first-order chi connectivity index (χ1) is 8.76. The second kappa shape index (κ2) is 5.88. The summed E-state index contributed by atoms with van der Waals surface area (Å²) in [5.41, 5.74) is 0.983. The molecule has 0 saturated carbocycles. The first-order valence-corrected chi connectivity index (χ1v) is 6.53. The van der Waals surface area contributed by atoms with Crippen molar-refractivity contribution in [1.82, 2.24) is 4.90 Å². The van der Waals surface area contributed by atoms with Crippen molar-refractivity contribution in [2.75, 3.05) is 20.2 Å². The Balaban J connectivity index is 2.20. The van der Waals surface area contributed by atoms with Crippen LogP contribution >= 0.6 is 0 Å². The van der Waals surface area contributed by atoms with Crippen molar-refractivity contribution in [3.8, 4) is 11.8 Å². The van der Waals surface area contributed by atoms with Gasteiger partial charge in [0.15, 0.2) is 0 Å². The number of piperidine rings is 1. The third-order valence-electron chi connectivity index (χ3n) is 3.74. The van der Waals surface area contributed by atoms with E-state index in [-0.39, 0.29) is 6.04 Å². The van der Waals surface area contributed by atoms with Crippen LogP contribution in [0.2, 0.25) is 0 Å². The Morgan fingerprint density at radius 3 is 2.61 bits per heavy atom. The summed E-state index contributed by atoms with van der Waals surface area (Å²) in [6.07, 6.45) is 2.35. The number of hydrogen-bond donors (Lipinski definition) is 0. The molecule has 1 aliphatic rings. The quantitative estimate of drug-likeness (QED) is 0.820. The first kappa shape index (κ1) is 12.9. The van der Waals surface area contributed by atoms with Crippen molar-refractivity contribution >= 4 is 0 Å². The number of rotatable bonds is 3. The largest absolute Gasteiger partial charge is 0.496 e. The number of ether oxygens (including phenoxy) is 1. The molecule has 18 heavy (non-hydrogen) atoms. The summed E-state index contributed by atoms with van der Waals surface area (Å²) in [5.74, 6) is 1.58. The van der Waals surface area contributed by atoms with E-state index in [1.54, 1.807) is 7.11 Å². The SMILES string of the molecule is COc1ccccc1C(C#N)N1CCC(C)CC1. The molecule has 96 valence electrons. The van der Waals surface area contributed by atoms with E-state index in [1.165, 1.54) is 12.8 Å². The van der Waals surface area contributed by atoms with Crippen molar-refractivity contribution < 1.29 is 4.74 Å². The van der Waals surface area contributed by atoms with Crippen LogP contribution in [0.25, 0.3) is 0 Å². The van der Waals surface area contributed by atoms with Crippen molar-refractivity contribution in [3.63, 3.8) is 0 Å². The summed E-state index contributed by atoms with van der Waals surface area (Å²) in [5, 5.41) is 9.47. The van der Waals surface area contributed by atoms with Crippen molar-refractivity contribution in [3.05, 3.63) is 29.8 Å². The zero-order valence-corrected chi connectivity index (χ0v) is 11.1. The summed E-state index contributed by atoms with van der Waals surface area (Å²) in [6.45, 7) is 4.27. The van der Waals surface area contributed by atoms with Gasteiger partial charge in [-0.3, -0.25) is 4.90 Å². The van der Waals surface area contributed by atoms with Gasteiger partial charge < -0.3 is 4.74 Å². The molecule has 0 radical (unpaired) electrons. The van der Waals surface area contributed by atoms with Crippen LogP contribution in [0.4, 0.5) is 0 Å². The van der Waals surface area contributed by atoms with Crippen molar-refractivity contribution in [1.29, 1.82) is 5.26 Å². The number of likely N-dealkylation sites (tertiary alicyclic amines) is 1. The summed E-state index contributed by atoms with van der Waals surface area (Å²) < 4.78 is 5.36. The minimum absolute atomic E-state index is 0.186. The molecule has 0 bridgehead atoms. The lowest BCUT2D eigenvalue weighted by Gasteiger charge is -2.33. The number of benzene rings is 1. The van der Waals surface area contributed by atoms with Crippen LogP contribution in [-0.4, -0.2) is 25.1 Å². The number of para-hydroxylation sites is 1. The molecule has 1 heterocycles. The van der Waals surface area contributed by atoms with Gasteiger partial charge in [-0.15, -0.1) is 0 Å². The lowest BCUT2D eigenvalue weighted by Crippen LogP contribution is -2.35. The maximum absolute atomic E-state index is 9.47. The predicted molar refractivity (Wildman–Crippen MR) is 71.3 cm³/mol. The van der Waals surface area contributed by atoms with Gasteiger partial charge in [-0.05, 0) is 37.9 Å². The molecule has 0 N–H and O–H groups in total. The van der Waals surface area contributed by atoms with Crippen LogP contribution in [0.1, 0.15) is 31.4 Å². The van der Waals surface area contributed by atoms with Crippen LogP contribution in [-0.2, 0) is 0 Å². The van der Waals surface area contributed by atoms with Gasteiger partial charge in [0.1, 0.15) is 11.8 Å². The van der Waals surface area contributed by atoms with Crippen LogP contribution in [0.5, 0.6) is 5.75 Å². The summed E-state index contributed by atoms with van der Waals surface area (Å²) in [7, 11) is 1.66. The van der Waals surface area contributed by atoms with Crippen LogP contribution in [0, 0.1) is 17.2 Å². The fourth-order valence-corrected chi connectivity index (χ4v) is 2.53. The molecule has 1 saturated heterocycles. The Kier molecular flexibility index (Phi) is 4.22. The summed E-state index contributed by atoms with van der Waals surface area (Å²) >= 11 is 0. The van der Waals surface area contributed by atoms with Gasteiger partial charge in [-0.1, -0.05) is 25.1 Å². The van der Waals surface area contributed by atoms with E-state index < -0.39 is 0 Å². The molecule has 3 heteroatoms. The monoisotopic (exact) mass is 244 g/mol. The standard InChI is InChI=1S/C15H20N2O/c1-12-7-9-17(10-8-12)14(11-16)13-5-3-4-6-15(13)18-2/h3-6,12,14H,7-10H2,1-2H3. The highest BCUT2D eigenvalue weighted by Gasteiger charge is 2.26. The summed E-state index contributed by atoms with van der Waals surface area (Å²) in [6, 6.07) is 10.1. The predicted octanol–water partition coefficient (Wildman–Crippen LogP) is 2.99. The third-order valence-corrected chi connectivity index (χ3v) is 3.74. The van der Waals surface area contributed by atoms with E-state index in [2.05, 4.69) is 17.9 Å². The zero-order valence-electron chi connectivity index (χ0n) is 11.1. The van der Waals surface area contributed by atoms with Gasteiger partial charge in [0.2, 0.25) is 0 Å². The molecule has 1 unspecified atom stereocenters. The Hall–Kier alpha value is -1.53. The molecule has 0 aromatic heterocycles. The van der Waals surface area contributed by atoms with E-state index in [4.69, 9.17) is 4.74 Å². The van der Waals surface area contributed by atoms with E-state index >= 15 is 0 Å². The molecule has 1 aromatic carbocycles. The number of nitrogens with zero attached hydrogens (tertiary/aromatic N) is 2. The molecule has 2 rings (SSSR count). The fraction of sp³-hybridized carbons (Fsp3) is 0.533. The van der Waals surface area contributed by atoms with Gasteiger partial charge in [-0.25, -0.2) is 0 Å². The first-order valence-electron chi connectivity index (χ1n) is 6.53. The molecule has 0 amide bonds. The van der Waals surface area contributed by atoms with E-state index in [0.29, 0.717) is 0 Å². The molecule has 1 fully saturated rings. The van der Waals surface area contributed by atoms with Gasteiger partial charge in [0.05, 0.1) is 13.2 Å². The average molecular weight is 244 g/mol. The Morgan fingerprint density at radius 1 is 1.33 bits per heavy atom. The normalized spacial score (nSPS) is 19.2. The number of methoxy groups -OCH3 is 1. The van der Waals surface area contributed by atoms with E-state index in [0.717, 1.165) is 30.3 Å². The molecular weight excluding hydrogens is 224 g/mol. The third kappa shape index (κ3) is 2.65. The number of hydrogen-bond acceptors (Lipinski definition) is 3. The van der Waals surface area contributed by atoms with Gasteiger partial charge in [0, 0.05) is 5.56 Å². The van der Waals surface area contributed by atoms with Crippen LogP contribution < -0.4 is 4.74 Å². The second-order valence-electron chi connectivity index (χ2n) is 4.99. The highest BCUT2D eigenvalue weighted by Crippen LogP contribution is 2.31. The minimum Gasteiger partial charge on any atom is -0.496 e. The molecular formula is C15H20N2O. The lowest BCUT2D eigenvalue weighted by molar-refractivity contribution is 0.163. The van der Waals surface area contributed by atoms with E-state index in [1.807, 2.05) is 24.3 Å². The maximum atomic E-state index is 9.47. The molecule has 3 nitrogen and oxygen atoms in total. The Labute approximate surface area is 109 Å². The van der Waals surface area contributed by atoms with Crippen molar-refractivity contribution in [2.45, 2.75) is 25.8 Å². The highest BCUT2D eigenvalue weighted by atomic mass is 16.5. The van der Waals surface area contributed by atoms with Gasteiger partial charge in [-0.2, -0.15) is 5.26 Å². The summed E-state index contributed by atoms with van der Waals surface area (Å²) in [4.78, 5) is 2.26. The molecule has 0 spiro atoms. The smallest absolute Gasteiger partial charge is 0.127 e. The zero-order chi connectivity index (χ0) is 13.0. The molecule has 0 aliphatic carbocycles. The lowest BCUT2D eigenvalue weighted by atomic mass is 9.96. The minimum atomic E-state index is -0.186. The van der Waals surface area contributed by atoms with E-state index in [9.17, 15) is 5.26 Å². The van der Waals surface area contributed by atoms with Crippen LogP contribution in [0.3, 0.4) is 0 Å².